The van der Waals surface area contributed by atoms with Gasteiger partial charge < -0.3 is 20.1 Å². The summed E-state index contributed by atoms with van der Waals surface area (Å²) in [6.45, 7) is 0.464. The zero-order valence-corrected chi connectivity index (χ0v) is 20.2. The molecular weight excluding hydrogens is 472 g/mol. The number of nitrogens with one attached hydrogen (secondary N) is 2. The van der Waals surface area contributed by atoms with Crippen LogP contribution >= 0.6 is 11.6 Å². The van der Waals surface area contributed by atoms with Crippen LogP contribution < -0.4 is 10.1 Å². The van der Waals surface area contributed by atoms with Gasteiger partial charge in [0.1, 0.15) is 18.5 Å². The highest BCUT2D eigenvalue weighted by Gasteiger charge is 2.12. The molecule has 6 heteroatoms. The largest absolute Gasteiger partial charge is 0.490 e. The number of H-pyrrole nitrogens is 1. The van der Waals surface area contributed by atoms with E-state index in [1.54, 1.807) is 36.4 Å². The van der Waals surface area contributed by atoms with Crippen LogP contribution in [0.1, 0.15) is 15.9 Å². The molecule has 0 radical (unpaired) electrons. The van der Waals surface area contributed by atoms with Crippen LogP contribution in [0.2, 0.25) is 5.02 Å². The van der Waals surface area contributed by atoms with Crippen molar-refractivity contribution in [3.05, 3.63) is 113 Å². The molecule has 0 aliphatic rings. The van der Waals surface area contributed by atoms with Crippen molar-refractivity contribution in [2.45, 2.75) is 6.10 Å². The maximum absolute atomic E-state index is 12.4. The number of aliphatic hydroxyl groups excluding tert-OH is 1. The molecule has 1 atom stereocenters. The number of ketones is 1. The molecule has 0 amide bonds. The quantitative estimate of drug-likeness (QED) is 0.156. The zero-order valence-electron chi connectivity index (χ0n) is 19.4. The summed E-state index contributed by atoms with van der Waals surface area (Å²) in [5.41, 5.74) is 4.35. The summed E-state index contributed by atoms with van der Waals surface area (Å²) in [6.07, 6.45) is 2.59. The van der Waals surface area contributed by atoms with E-state index in [9.17, 15) is 9.90 Å². The van der Waals surface area contributed by atoms with Gasteiger partial charge in [0, 0.05) is 39.1 Å². The topological polar surface area (TPSA) is 74.3 Å². The molecule has 0 aliphatic heterocycles. The number of aromatic amines is 1. The summed E-state index contributed by atoms with van der Waals surface area (Å²) in [7, 11) is 0. The van der Waals surface area contributed by atoms with Crippen molar-refractivity contribution in [2.75, 3.05) is 18.5 Å². The van der Waals surface area contributed by atoms with Gasteiger partial charge >= 0.3 is 0 Å². The standard InChI is InChI=1S/C30H25ClN2O3/c31-22-13-8-20(9-14-22)10-17-28(35)21-11-15-23(16-12-21)32-18-24(34)19-36-29-7-3-6-27-30(29)25-4-1-2-5-26(25)33-27/h1-17,24,32-34H,18-19H2. The minimum Gasteiger partial charge on any atom is -0.490 e. The van der Waals surface area contributed by atoms with Crippen molar-refractivity contribution in [3.8, 4) is 5.75 Å². The van der Waals surface area contributed by atoms with Gasteiger partial charge in [0.05, 0.1) is 5.52 Å². The number of hydrogen-bond donors (Lipinski definition) is 3. The van der Waals surface area contributed by atoms with E-state index in [0.717, 1.165) is 38.8 Å². The lowest BCUT2D eigenvalue weighted by Gasteiger charge is -2.15. The van der Waals surface area contributed by atoms with E-state index in [1.807, 2.05) is 60.7 Å². The normalized spacial score (nSPS) is 12.3. The van der Waals surface area contributed by atoms with Gasteiger partial charge in [-0.15, -0.1) is 0 Å². The highest BCUT2D eigenvalue weighted by Crippen LogP contribution is 2.33. The number of allylic oxidation sites excluding steroid dienone is 1. The van der Waals surface area contributed by atoms with Crippen molar-refractivity contribution in [2.24, 2.45) is 0 Å². The zero-order chi connectivity index (χ0) is 24.9. The number of fused-ring (bicyclic) bond motifs is 3. The van der Waals surface area contributed by atoms with E-state index in [0.29, 0.717) is 17.1 Å². The first kappa shape index (κ1) is 23.7. The number of carbonyl (C=O) groups is 1. The van der Waals surface area contributed by atoms with Gasteiger partial charge in [0.15, 0.2) is 5.78 Å². The molecule has 5 nitrogen and oxygen atoms in total. The van der Waals surface area contributed by atoms with Gasteiger partial charge in [-0.3, -0.25) is 4.79 Å². The Morgan fingerprint density at radius 1 is 0.944 bits per heavy atom. The van der Waals surface area contributed by atoms with E-state index < -0.39 is 6.10 Å². The third kappa shape index (κ3) is 5.43. The predicted molar refractivity (Wildman–Crippen MR) is 147 cm³/mol. The number of rotatable bonds is 9. The Kier molecular flexibility index (Phi) is 7.03. The summed E-state index contributed by atoms with van der Waals surface area (Å²) in [6, 6.07) is 28.4. The van der Waals surface area contributed by atoms with Crippen LogP contribution in [0.15, 0.2) is 97.1 Å². The van der Waals surface area contributed by atoms with Gasteiger partial charge in [0.25, 0.3) is 0 Å². The number of hydrogen-bond acceptors (Lipinski definition) is 4. The lowest BCUT2D eigenvalue weighted by Crippen LogP contribution is -2.26. The molecule has 5 aromatic rings. The van der Waals surface area contributed by atoms with E-state index >= 15 is 0 Å². The highest BCUT2D eigenvalue weighted by molar-refractivity contribution is 6.30. The third-order valence-electron chi connectivity index (χ3n) is 5.93. The van der Waals surface area contributed by atoms with Gasteiger partial charge in [-0.25, -0.2) is 0 Å². The van der Waals surface area contributed by atoms with Gasteiger partial charge in [0.2, 0.25) is 0 Å². The predicted octanol–water partition coefficient (Wildman–Crippen LogP) is 6.72. The van der Waals surface area contributed by atoms with Crippen LogP contribution in [0, 0.1) is 0 Å². The Morgan fingerprint density at radius 2 is 1.69 bits per heavy atom. The maximum Gasteiger partial charge on any atom is 0.185 e. The Hall–Kier alpha value is -4.06. The summed E-state index contributed by atoms with van der Waals surface area (Å²) in [5.74, 6) is 0.648. The van der Waals surface area contributed by atoms with Crippen molar-refractivity contribution in [3.63, 3.8) is 0 Å². The molecule has 180 valence electrons. The Balaban J connectivity index is 1.15. The number of ether oxygens (including phenoxy) is 1. The minimum absolute atomic E-state index is 0.0867. The number of aliphatic hydroxyl groups is 1. The average molecular weight is 497 g/mol. The molecule has 0 fully saturated rings. The molecular formula is C30H25ClN2O3. The molecule has 4 aromatic carbocycles. The molecule has 3 N–H and O–H groups in total. The van der Waals surface area contributed by atoms with Crippen LogP contribution in [-0.2, 0) is 0 Å². The second-order valence-corrected chi connectivity index (χ2v) is 8.96. The number of anilines is 1. The van der Waals surface area contributed by atoms with Crippen LogP contribution in [0.5, 0.6) is 5.75 Å². The lowest BCUT2D eigenvalue weighted by molar-refractivity contribution is 0.104. The van der Waals surface area contributed by atoms with Gasteiger partial charge in [-0.1, -0.05) is 54.1 Å². The molecule has 0 aliphatic carbocycles. The van der Waals surface area contributed by atoms with E-state index in [4.69, 9.17) is 16.3 Å². The van der Waals surface area contributed by atoms with Crippen molar-refractivity contribution in [1.82, 2.24) is 4.98 Å². The van der Waals surface area contributed by atoms with Crippen molar-refractivity contribution < 1.29 is 14.6 Å². The molecule has 0 spiro atoms. The summed E-state index contributed by atoms with van der Waals surface area (Å²) in [5, 5.41) is 16.4. The van der Waals surface area contributed by atoms with E-state index in [2.05, 4.69) is 16.4 Å². The number of carbonyl (C=O) groups excluding carboxylic acids is 1. The number of benzene rings is 4. The van der Waals surface area contributed by atoms with Crippen LogP contribution in [0.4, 0.5) is 5.69 Å². The Labute approximate surface area is 214 Å². The van der Waals surface area contributed by atoms with Crippen LogP contribution in [-0.4, -0.2) is 35.1 Å². The van der Waals surface area contributed by atoms with E-state index in [-0.39, 0.29) is 12.4 Å². The summed E-state index contributed by atoms with van der Waals surface area (Å²) >= 11 is 5.89. The third-order valence-corrected chi connectivity index (χ3v) is 6.18. The first-order valence-corrected chi connectivity index (χ1v) is 12.1. The summed E-state index contributed by atoms with van der Waals surface area (Å²) < 4.78 is 5.99. The first-order valence-electron chi connectivity index (χ1n) is 11.7. The minimum atomic E-state index is -0.714. The molecule has 36 heavy (non-hydrogen) atoms. The van der Waals surface area contributed by atoms with Gasteiger partial charge in [-0.2, -0.15) is 0 Å². The fraction of sp³-hybridized carbons (Fsp3) is 0.100. The SMILES string of the molecule is O=C(C=Cc1ccc(Cl)cc1)c1ccc(NCC(O)COc2cccc3[nH]c4ccccc4c23)cc1. The average Bonchev–Trinajstić information content (AvgIpc) is 3.30. The van der Waals surface area contributed by atoms with Crippen LogP contribution in [0.25, 0.3) is 27.9 Å². The monoisotopic (exact) mass is 496 g/mol. The fourth-order valence-corrected chi connectivity index (χ4v) is 4.19. The number of para-hydroxylation sites is 1. The van der Waals surface area contributed by atoms with Gasteiger partial charge in [-0.05, 0) is 66.2 Å². The van der Waals surface area contributed by atoms with Crippen molar-refractivity contribution in [1.29, 1.82) is 0 Å². The molecule has 1 unspecified atom stereocenters. The molecule has 1 heterocycles. The molecule has 1 aromatic heterocycles. The first-order chi connectivity index (χ1) is 17.6. The Morgan fingerprint density at radius 3 is 2.50 bits per heavy atom. The second-order valence-electron chi connectivity index (χ2n) is 8.52. The highest BCUT2D eigenvalue weighted by atomic mass is 35.5. The number of aromatic nitrogens is 1. The fourth-order valence-electron chi connectivity index (χ4n) is 4.06. The summed E-state index contributed by atoms with van der Waals surface area (Å²) in [4.78, 5) is 15.8. The maximum atomic E-state index is 12.4. The van der Waals surface area contributed by atoms with E-state index in [1.165, 1.54) is 0 Å². The molecule has 0 saturated heterocycles. The molecule has 5 rings (SSSR count). The lowest BCUT2D eigenvalue weighted by atomic mass is 10.1. The molecule has 0 bridgehead atoms. The van der Waals surface area contributed by atoms with Crippen molar-refractivity contribution >= 4 is 51.0 Å². The smallest absolute Gasteiger partial charge is 0.185 e. The second kappa shape index (κ2) is 10.7. The molecule has 0 saturated carbocycles. The Bertz CT molecular complexity index is 1520. The van der Waals surface area contributed by atoms with Crippen LogP contribution in [0.3, 0.4) is 0 Å². The number of halogens is 1.